The standard InChI is InChI=1S/C15H20FN3O3/c1-18(2)14(20)19-9-15(10-19)11(5-7-22-15)8-21-13-12(16)4-3-6-17-13/h3-4,6,11H,5,7-10H2,1-2H3/t11-/m0/s1. The van der Waals surface area contributed by atoms with Crippen molar-refractivity contribution in [3.63, 3.8) is 0 Å². The van der Waals surface area contributed by atoms with Crippen LogP contribution in [0.1, 0.15) is 6.42 Å². The van der Waals surface area contributed by atoms with Gasteiger partial charge in [0.15, 0.2) is 5.82 Å². The van der Waals surface area contributed by atoms with Crippen molar-refractivity contribution < 1.29 is 18.7 Å². The van der Waals surface area contributed by atoms with Crippen LogP contribution in [0.2, 0.25) is 0 Å². The first-order valence-corrected chi connectivity index (χ1v) is 7.35. The number of carbonyl (C=O) groups is 1. The number of carbonyl (C=O) groups excluding carboxylic acids is 1. The van der Waals surface area contributed by atoms with Gasteiger partial charge in [-0.1, -0.05) is 0 Å². The van der Waals surface area contributed by atoms with E-state index in [1.54, 1.807) is 23.9 Å². The SMILES string of the molecule is CN(C)C(=O)N1CC2(C1)OCC[C@H]2COc1ncccc1F. The second-order valence-corrected chi connectivity index (χ2v) is 6.03. The minimum Gasteiger partial charge on any atom is -0.475 e. The van der Waals surface area contributed by atoms with Crippen LogP contribution in [0, 0.1) is 11.7 Å². The van der Waals surface area contributed by atoms with E-state index in [0.29, 0.717) is 26.3 Å². The molecule has 7 heteroatoms. The summed E-state index contributed by atoms with van der Waals surface area (Å²) in [6.07, 6.45) is 2.35. The number of pyridine rings is 1. The summed E-state index contributed by atoms with van der Waals surface area (Å²) in [5.74, 6) is -0.307. The first kappa shape index (κ1) is 15.0. The van der Waals surface area contributed by atoms with Crippen LogP contribution < -0.4 is 4.74 Å². The molecule has 6 nitrogen and oxygen atoms in total. The molecule has 2 saturated heterocycles. The molecule has 22 heavy (non-hydrogen) atoms. The molecular formula is C15H20FN3O3. The number of halogens is 1. The Morgan fingerprint density at radius 1 is 1.59 bits per heavy atom. The third kappa shape index (κ3) is 2.61. The van der Waals surface area contributed by atoms with E-state index in [-0.39, 0.29) is 23.4 Å². The Bertz CT molecular complexity index is 561. The van der Waals surface area contributed by atoms with Crippen LogP contribution in [0.5, 0.6) is 5.88 Å². The molecule has 3 rings (SSSR count). The van der Waals surface area contributed by atoms with Crippen LogP contribution in [0.3, 0.4) is 0 Å². The van der Waals surface area contributed by atoms with Crippen molar-refractivity contribution >= 4 is 6.03 Å². The molecule has 0 saturated carbocycles. The monoisotopic (exact) mass is 309 g/mol. The Kier molecular flexibility index (Phi) is 3.90. The highest BCUT2D eigenvalue weighted by molar-refractivity contribution is 5.75. The molecule has 0 unspecified atom stereocenters. The highest BCUT2D eigenvalue weighted by atomic mass is 19.1. The summed E-state index contributed by atoms with van der Waals surface area (Å²) in [5, 5.41) is 0. The average Bonchev–Trinajstić information content (AvgIpc) is 2.88. The van der Waals surface area contributed by atoms with E-state index in [1.165, 1.54) is 18.3 Å². The van der Waals surface area contributed by atoms with E-state index in [9.17, 15) is 9.18 Å². The molecule has 3 heterocycles. The highest BCUT2D eigenvalue weighted by Gasteiger charge is 2.55. The number of hydrogen-bond donors (Lipinski definition) is 0. The molecule has 1 aromatic heterocycles. The van der Waals surface area contributed by atoms with Gasteiger partial charge in [0, 0.05) is 32.8 Å². The van der Waals surface area contributed by atoms with Crippen molar-refractivity contribution in [2.45, 2.75) is 12.0 Å². The van der Waals surface area contributed by atoms with Gasteiger partial charge in [0.25, 0.3) is 0 Å². The summed E-state index contributed by atoms with van der Waals surface area (Å²) >= 11 is 0. The Morgan fingerprint density at radius 3 is 3.05 bits per heavy atom. The average molecular weight is 309 g/mol. The lowest BCUT2D eigenvalue weighted by atomic mass is 9.81. The van der Waals surface area contributed by atoms with Crippen LogP contribution in [0.4, 0.5) is 9.18 Å². The van der Waals surface area contributed by atoms with E-state index in [4.69, 9.17) is 9.47 Å². The lowest BCUT2D eigenvalue weighted by Gasteiger charge is -2.50. The Morgan fingerprint density at radius 2 is 2.36 bits per heavy atom. The lowest BCUT2D eigenvalue weighted by molar-refractivity contribution is -0.122. The van der Waals surface area contributed by atoms with Crippen LogP contribution >= 0.6 is 0 Å². The topological polar surface area (TPSA) is 54.9 Å². The maximum Gasteiger partial charge on any atom is 0.319 e. The van der Waals surface area contributed by atoms with Crippen LogP contribution in [-0.2, 0) is 4.74 Å². The molecule has 2 aliphatic rings. The van der Waals surface area contributed by atoms with Crippen molar-refractivity contribution in [2.24, 2.45) is 5.92 Å². The van der Waals surface area contributed by atoms with E-state index < -0.39 is 5.82 Å². The predicted molar refractivity (Wildman–Crippen MR) is 77.1 cm³/mol. The Hall–Kier alpha value is -1.89. The molecule has 0 aromatic carbocycles. The molecule has 1 aromatic rings. The smallest absolute Gasteiger partial charge is 0.319 e. The number of amides is 2. The normalized spacial score (nSPS) is 22.5. The molecule has 0 radical (unpaired) electrons. The molecule has 0 N–H and O–H groups in total. The number of urea groups is 1. The minimum absolute atomic E-state index is 0.0171. The fourth-order valence-electron chi connectivity index (χ4n) is 3.04. The molecule has 0 bridgehead atoms. The first-order valence-electron chi connectivity index (χ1n) is 7.35. The van der Waals surface area contributed by atoms with Gasteiger partial charge in [0.2, 0.25) is 5.88 Å². The van der Waals surface area contributed by atoms with Gasteiger partial charge in [0.05, 0.1) is 19.7 Å². The van der Waals surface area contributed by atoms with Crippen molar-refractivity contribution in [1.29, 1.82) is 0 Å². The zero-order chi connectivity index (χ0) is 15.7. The molecular weight excluding hydrogens is 289 g/mol. The van der Waals surface area contributed by atoms with Gasteiger partial charge >= 0.3 is 6.03 Å². The van der Waals surface area contributed by atoms with E-state index in [2.05, 4.69) is 4.98 Å². The fourth-order valence-corrected chi connectivity index (χ4v) is 3.04. The summed E-state index contributed by atoms with van der Waals surface area (Å²) in [6.45, 7) is 2.10. The second kappa shape index (κ2) is 5.72. The van der Waals surface area contributed by atoms with E-state index >= 15 is 0 Å². The number of aromatic nitrogens is 1. The molecule has 1 spiro atoms. The van der Waals surface area contributed by atoms with Gasteiger partial charge in [-0.2, -0.15) is 0 Å². The van der Waals surface area contributed by atoms with Gasteiger partial charge in [-0.25, -0.2) is 14.2 Å². The molecule has 2 amide bonds. The van der Waals surface area contributed by atoms with Gasteiger partial charge in [-0.3, -0.25) is 0 Å². The fraction of sp³-hybridized carbons (Fsp3) is 0.600. The second-order valence-electron chi connectivity index (χ2n) is 6.03. The number of rotatable bonds is 3. The van der Waals surface area contributed by atoms with Crippen molar-refractivity contribution in [3.8, 4) is 5.88 Å². The maximum absolute atomic E-state index is 13.5. The van der Waals surface area contributed by atoms with Crippen molar-refractivity contribution in [2.75, 3.05) is 40.4 Å². The summed E-state index contributed by atoms with van der Waals surface area (Å²) in [6, 6.07) is 2.83. The summed E-state index contributed by atoms with van der Waals surface area (Å²) in [4.78, 5) is 19.1. The predicted octanol–water partition coefficient (Wildman–Crippen LogP) is 1.37. The number of likely N-dealkylation sites (tertiary alicyclic amines) is 1. The lowest BCUT2D eigenvalue weighted by Crippen LogP contribution is -2.68. The summed E-state index contributed by atoms with van der Waals surface area (Å²) in [5.41, 5.74) is -0.350. The molecule has 1 atom stereocenters. The van der Waals surface area contributed by atoms with Crippen LogP contribution in [-0.4, -0.2) is 66.8 Å². The van der Waals surface area contributed by atoms with Gasteiger partial charge in [-0.05, 0) is 18.6 Å². The summed E-state index contributed by atoms with van der Waals surface area (Å²) < 4.78 is 24.9. The number of nitrogens with zero attached hydrogens (tertiary/aromatic N) is 3. The molecule has 120 valence electrons. The number of hydrogen-bond acceptors (Lipinski definition) is 4. The molecule has 2 aliphatic heterocycles. The highest BCUT2D eigenvalue weighted by Crippen LogP contribution is 2.40. The minimum atomic E-state index is -0.464. The molecule has 0 aliphatic carbocycles. The Labute approximate surface area is 128 Å². The van der Waals surface area contributed by atoms with Gasteiger partial charge < -0.3 is 19.3 Å². The van der Waals surface area contributed by atoms with Crippen molar-refractivity contribution in [1.82, 2.24) is 14.8 Å². The Balaban J connectivity index is 1.59. The summed E-state index contributed by atoms with van der Waals surface area (Å²) in [7, 11) is 3.46. The zero-order valence-electron chi connectivity index (χ0n) is 12.8. The number of ether oxygens (including phenoxy) is 2. The maximum atomic E-state index is 13.5. The van der Waals surface area contributed by atoms with E-state index in [1.807, 2.05) is 0 Å². The quantitative estimate of drug-likeness (QED) is 0.846. The van der Waals surface area contributed by atoms with E-state index in [0.717, 1.165) is 6.42 Å². The first-order chi connectivity index (χ1) is 10.5. The van der Waals surface area contributed by atoms with Crippen LogP contribution in [0.25, 0.3) is 0 Å². The van der Waals surface area contributed by atoms with Crippen LogP contribution in [0.15, 0.2) is 18.3 Å². The largest absolute Gasteiger partial charge is 0.475 e. The third-order valence-electron chi connectivity index (χ3n) is 4.32. The molecule has 2 fully saturated rings. The van der Waals surface area contributed by atoms with Gasteiger partial charge in [-0.15, -0.1) is 0 Å². The zero-order valence-corrected chi connectivity index (χ0v) is 12.8. The third-order valence-corrected chi connectivity index (χ3v) is 4.32. The van der Waals surface area contributed by atoms with Crippen molar-refractivity contribution in [3.05, 3.63) is 24.1 Å². The van der Waals surface area contributed by atoms with Gasteiger partial charge in [0.1, 0.15) is 5.60 Å².